The number of aromatic nitrogens is 4. The number of nitrogens with zero attached hydrogens (tertiary/aromatic N) is 4. The lowest BCUT2D eigenvalue weighted by Crippen LogP contribution is -2.12. The van der Waals surface area contributed by atoms with Crippen molar-refractivity contribution in [1.29, 1.82) is 0 Å². The number of hydrogen-bond acceptors (Lipinski definition) is 4. The average Bonchev–Trinajstić information content (AvgIpc) is 2.57. The molecule has 0 amide bonds. The molecule has 0 spiro atoms. The number of carboxylic acid groups (broad SMARTS) is 1. The van der Waals surface area contributed by atoms with Crippen molar-refractivity contribution in [3.8, 4) is 0 Å². The lowest BCUT2D eigenvalue weighted by Gasteiger charge is -2.05. The SMILES string of the molecule is Cc1nc2ncc(CC(C)C(=O)O)cn2n1. The second-order valence-corrected chi connectivity index (χ2v) is 3.81. The summed E-state index contributed by atoms with van der Waals surface area (Å²) in [5, 5.41) is 12.9. The van der Waals surface area contributed by atoms with Gasteiger partial charge in [0.2, 0.25) is 0 Å². The lowest BCUT2D eigenvalue weighted by molar-refractivity contribution is -0.141. The Bertz CT molecular complexity index is 535. The van der Waals surface area contributed by atoms with E-state index in [0.29, 0.717) is 18.0 Å². The van der Waals surface area contributed by atoms with Gasteiger partial charge in [-0.15, -0.1) is 0 Å². The summed E-state index contributed by atoms with van der Waals surface area (Å²) in [4.78, 5) is 18.9. The van der Waals surface area contributed by atoms with Gasteiger partial charge in [-0.1, -0.05) is 6.92 Å². The smallest absolute Gasteiger partial charge is 0.306 e. The second-order valence-electron chi connectivity index (χ2n) is 3.81. The zero-order valence-electron chi connectivity index (χ0n) is 9.08. The molecule has 2 heterocycles. The van der Waals surface area contributed by atoms with Crippen LogP contribution in [-0.2, 0) is 11.2 Å². The molecular formula is C10H12N4O2. The summed E-state index contributed by atoms with van der Waals surface area (Å²) in [6, 6.07) is 0. The van der Waals surface area contributed by atoms with Gasteiger partial charge >= 0.3 is 5.97 Å². The topological polar surface area (TPSA) is 80.4 Å². The first kappa shape index (κ1) is 10.5. The standard InChI is InChI=1S/C10H12N4O2/c1-6(9(15)16)3-8-4-11-10-12-7(2)13-14(10)5-8/h4-6H,3H2,1-2H3,(H,15,16). The van der Waals surface area contributed by atoms with E-state index in [1.807, 2.05) is 0 Å². The van der Waals surface area contributed by atoms with E-state index < -0.39 is 11.9 Å². The van der Waals surface area contributed by atoms with E-state index in [0.717, 1.165) is 5.56 Å². The highest BCUT2D eigenvalue weighted by molar-refractivity contribution is 5.69. The minimum absolute atomic E-state index is 0.427. The third-order valence-corrected chi connectivity index (χ3v) is 2.32. The lowest BCUT2D eigenvalue weighted by atomic mass is 10.0. The minimum atomic E-state index is -0.810. The Morgan fingerprint density at radius 2 is 2.38 bits per heavy atom. The van der Waals surface area contributed by atoms with Gasteiger partial charge in [-0.2, -0.15) is 10.1 Å². The van der Waals surface area contributed by atoms with E-state index in [9.17, 15) is 4.79 Å². The summed E-state index contributed by atoms with van der Waals surface area (Å²) in [5.74, 6) is -0.0566. The van der Waals surface area contributed by atoms with Gasteiger partial charge in [0.25, 0.3) is 5.78 Å². The molecule has 0 fully saturated rings. The first-order valence-corrected chi connectivity index (χ1v) is 4.97. The maximum Gasteiger partial charge on any atom is 0.306 e. The van der Waals surface area contributed by atoms with Crippen molar-refractivity contribution in [1.82, 2.24) is 19.6 Å². The highest BCUT2D eigenvalue weighted by Crippen LogP contribution is 2.08. The molecule has 84 valence electrons. The van der Waals surface area contributed by atoms with Crippen LogP contribution in [0.15, 0.2) is 12.4 Å². The molecule has 2 rings (SSSR count). The van der Waals surface area contributed by atoms with Crippen molar-refractivity contribution < 1.29 is 9.90 Å². The Hall–Kier alpha value is -1.98. The Morgan fingerprint density at radius 1 is 1.62 bits per heavy atom. The predicted molar refractivity (Wildman–Crippen MR) is 56.0 cm³/mol. The van der Waals surface area contributed by atoms with E-state index in [2.05, 4.69) is 15.1 Å². The molecule has 0 bridgehead atoms. The highest BCUT2D eigenvalue weighted by atomic mass is 16.4. The Balaban J connectivity index is 2.28. The van der Waals surface area contributed by atoms with Crippen molar-refractivity contribution >= 4 is 11.7 Å². The van der Waals surface area contributed by atoms with E-state index in [1.54, 1.807) is 30.8 Å². The molecule has 1 unspecified atom stereocenters. The molecule has 0 aliphatic carbocycles. The van der Waals surface area contributed by atoms with Gasteiger partial charge in [0.1, 0.15) is 5.82 Å². The van der Waals surface area contributed by atoms with E-state index in [1.165, 1.54) is 0 Å². The van der Waals surface area contributed by atoms with Crippen LogP contribution < -0.4 is 0 Å². The number of rotatable bonds is 3. The van der Waals surface area contributed by atoms with Crippen molar-refractivity contribution in [2.24, 2.45) is 5.92 Å². The number of carbonyl (C=O) groups is 1. The van der Waals surface area contributed by atoms with Crippen LogP contribution in [0.2, 0.25) is 0 Å². The molecule has 2 aromatic rings. The Labute approximate surface area is 92.0 Å². The monoisotopic (exact) mass is 220 g/mol. The number of hydrogen-bond donors (Lipinski definition) is 1. The predicted octanol–water partition coefficient (Wildman–Crippen LogP) is 0.696. The molecule has 6 nitrogen and oxygen atoms in total. The first-order chi connectivity index (χ1) is 7.56. The van der Waals surface area contributed by atoms with Crippen LogP contribution in [0.3, 0.4) is 0 Å². The molecule has 6 heteroatoms. The molecule has 0 saturated heterocycles. The molecule has 2 aromatic heterocycles. The van der Waals surface area contributed by atoms with Crippen molar-refractivity contribution in [2.45, 2.75) is 20.3 Å². The minimum Gasteiger partial charge on any atom is -0.481 e. The normalized spacial score (nSPS) is 12.9. The van der Waals surface area contributed by atoms with Gasteiger partial charge in [-0.3, -0.25) is 4.79 Å². The van der Waals surface area contributed by atoms with Gasteiger partial charge in [-0.25, -0.2) is 9.50 Å². The molecule has 16 heavy (non-hydrogen) atoms. The molecule has 0 aliphatic rings. The Kier molecular flexibility index (Phi) is 2.55. The summed E-state index contributed by atoms with van der Waals surface area (Å²) in [6.07, 6.45) is 3.85. The quantitative estimate of drug-likeness (QED) is 0.823. The van der Waals surface area contributed by atoms with E-state index >= 15 is 0 Å². The second kappa shape index (κ2) is 3.88. The van der Waals surface area contributed by atoms with Crippen molar-refractivity contribution in [2.75, 3.05) is 0 Å². The number of aliphatic carboxylic acids is 1. The van der Waals surface area contributed by atoms with Crippen molar-refractivity contribution in [3.05, 3.63) is 23.8 Å². The van der Waals surface area contributed by atoms with Gasteiger partial charge in [0.05, 0.1) is 5.92 Å². The Morgan fingerprint density at radius 3 is 3.06 bits per heavy atom. The van der Waals surface area contributed by atoms with Gasteiger partial charge < -0.3 is 5.11 Å². The van der Waals surface area contributed by atoms with Crippen LogP contribution in [0.1, 0.15) is 18.3 Å². The molecule has 0 aliphatic heterocycles. The molecule has 0 radical (unpaired) electrons. The van der Waals surface area contributed by atoms with Crippen LogP contribution >= 0.6 is 0 Å². The fourth-order valence-electron chi connectivity index (χ4n) is 1.47. The number of fused-ring (bicyclic) bond motifs is 1. The van der Waals surface area contributed by atoms with Gasteiger partial charge in [0.15, 0.2) is 0 Å². The average molecular weight is 220 g/mol. The largest absolute Gasteiger partial charge is 0.481 e. The molecule has 0 saturated carbocycles. The van der Waals surface area contributed by atoms with Crippen molar-refractivity contribution in [3.63, 3.8) is 0 Å². The zero-order chi connectivity index (χ0) is 11.7. The van der Waals surface area contributed by atoms with E-state index in [4.69, 9.17) is 5.11 Å². The third kappa shape index (κ3) is 2.00. The van der Waals surface area contributed by atoms with Gasteiger partial charge in [0, 0.05) is 12.4 Å². The summed E-state index contributed by atoms with van der Waals surface area (Å²) >= 11 is 0. The third-order valence-electron chi connectivity index (χ3n) is 2.32. The van der Waals surface area contributed by atoms with E-state index in [-0.39, 0.29) is 0 Å². The zero-order valence-corrected chi connectivity index (χ0v) is 9.08. The number of aryl methyl sites for hydroxylation is 1. The summed E-state index contributed by atoms with van der Waals surface area (Å²) in [5.41, 5.74) is 0.840. The van der Waals surface area contributed by atoms with Crippen LogP contribution in [0, 0.1) is 12.8 Å². The molecule has 0 aromatic carbocycles. The van der Waals surface area contributed by atoms with Gasteiger partial charge in [-0.05, 0) is 18.9 Å². The van der Waals surface area contributed by atoms with Crippen LogP contribution in [0.25, 0.3) is 5.78 Å². The maximum absolute atomic E-state index is 10.7. The molecular weight excluding hydrogens is 208 g/mol. The summed E-state index contributed by atoms with van der Waals surface area (Å²) in [7, 11) is 0. The first-order valence-electron chi connectivity index (χ1n) is 4.97. The fourth-order valence-corrected chi connectivity index (χ4v) is 1.47. The van der Waals surface area contributed by atoms with Crippen LogP contribution in [0.5, 0.6) is 0 Å². The summed E-state index contributed by atoms with van der Waals surface area (Å²) < 4.78 is 1.57. The summed E-state index contributed by atoms with van der Waals surface area (Å²) in [6.45, 7) is 3.45. The maximum atomic E-state index is 10.7. The van der Waals surface area contributed by atoms with Crippen LogP contribution in [-0.4, -0.2) is 30.7 Å². The fraction of sp³-hybridized carbons (Fsp3) is 0.400. The number of carboxylic acids is 1. The highest BCUT2D eigenvalue weighted by Gasteiger charge is 2.12. The molecule has 1 N–H and O–H groups in total. The molecule has 1 atom stereocenters. The van der Waals surface area contributed by atoms with Crippen LogP contribution in [0.4, 0.5) is 0 Å².